The summed E-state index contributed by atoms with van der Waals surface area (Å²) in [7, 11) is 0. The van der Waals surface area contributed by atoms with Crippen molar-refractivity contribution in [2.45, 2.75) is 41.5 Å². The Kier molecular flexibility index (Phi) is 21.3. The lowest BCUT2D eigenvalue weighted by molar-refractivity contribution is 0.669. The second-order valence-corrected chi connectivity index (χ2v) is 34.1. The fraction of sp³-hybridized carbons (Fsp3) is 0.0526. The van der Waals surface area contributed by atoms with E-state index >= 15 is 0 Å². The molecule has 120 heavy (non-hydrogen) atoms. The molecule has 0 aliphatic heterocycles. The molecule has 0 unspecified atom stereocenters. The molecule has 6 heterocycles. The van der Waals surface area contributed by atoms with Gasteiger partial charge in [-0.15, -0.1) is 34.0 Å². The predicted molar refractivity (Wildman–Crippen MR) is 520 cm³/mol. The van der Waals surface area contributed by atoms with Crippen LogP contribution in [0, 0.1) is 41.5 Å². The van der Waals surface area contributed by atoms with Gasteiger partial charge in [-0.3, -0.25) is 0 Å². The van der Waals surface area contributed by atoms with Gasteiger partial charge in [0.25, 0.3) is 0 Å². The fourth-order valence-electron chi connectivity index (χ4n) is 16.5. The summed E-state index contributed by atoms with van der Waals surface area (Å²) < 4.78 is 26.4. The number of rotatable bonds is 6. The van der Waals surface area contributed by atoms with Crippen LogP contribution in [0.2, 0.25) is 0 Å². The van der Waals surface area contributed by atoms with E-state index in [1.54, 1.807) is 0 Å². The van der Waals surface area contributed by atoms with Gasteiger partial charge in [0.1, 0.15) is 33.5 Å². The summed E-state index contributed by atoms with van der Waals surface area (Å²) in [5.41, 5.74) is 28.4. The maximum Gasteiger partial charge on any atom is 0.143 e. The average Bonchev–Trinajstić information content (AvgIpc) is 1.66. The predicted octanol–water partition coefficient (Wildman–Crippen LogP) is 34.8. The summed E-state index contributed by atoms with van der Waals surface area (Å²) in [6, 6.07) is 142. The van der Waals surface area contributed by atoms with Gasteiger partial charge < -0.3 is 13.3 Å². The molecular formula is C114H84O3S3. The molecular weight excluding hydrogens is 1510 g/mol. The average molecular weight is 1600 g/mol. The van der Waals surface area contributed by atoms with Crippen molar-refractivity contribution in [3.05, 3.63) is 434 Å². The van der Waals surface area contributed by atoms with E-state index in [-0.39, 0.29) is 0 Å². The number of furan rings is 3. The molecule has 0 amide bonds. The largest absolute Gasteiger partial charge is 0.455 e. The number of aryl methyl sites for hydroxylation is 6. The van der Waals surface area contributed by atoms with Crippen LogP contribution >= 0.6 is 34.0 Å². The molecule has 18 aromatic carbocycles. The summed E-state index contributed by atoms with van der Waals surface area (Å²) in [5, 5.41) is 15.3. The lowest BCUT2D eigenvalue weighted by Gasteiger charge is -2.06. The molecule has 576 valence electrons. The van der Waals surface area contributed by atoms with Gasteiger partial charge in [0.15, 0.2) is 0 Å². The van der Waals surface area contributed by atoms with Crippen molar-refractivity contribution in [1.82, 2.24) is 0 Å². The number of fused-ring (bicyclic) bond motifs is 18. The summed E-state index contributed by atoms with van der Waals surface area (Å²) in [6.07, 6.45) is 0. The summed E-state index contributed by atoms with van der Waals surface area (Å²) in [6.45, 7) is 12.8. The van der Waals surface area contributed by atoms with Gasteiger partial charge in [0.2, 0.25) is 0 Å². The number of benzene rings is 18. The van der Waals surface area contributed by atoms with Crippen molar-refractivity contribution in [2.24, 2.45) is 0 Å². The maximum atomic E-state index is 6.09. The molecule has 0 bridgehead atoms. The van der Waals surface area contributed by atoms with Crippen LogP contribution in [-0.4, -0.2) is 0 Å². The monoisotopic (exact) mass is 1600 g/mol. The van der Waals surface area contributed by atoms with E-state index in [9.17, 15) is 0 Å². The Morgan fingerprint density at radius 2 is 0.442 bits per heavy atom. The smallest absolute Gasteiger partial charge is 0.143 e. The van der Waals surface area contributed by atoms with Crippen molar-refractivity contribution in [2.75, 3.05) is 0 Å². The lowest BCUT2D eigenvalue weighted by Crippen LogP contribution is -1.82. The van der Waals surface area contributed by atoms with Gasteiger partial charge in [0.05, 0.1) is 0 Å². The Balaban J connectivity index is 0.0000000952. The highest BCUT2D eigenvalue weighted by Gasteiger charge is 2.17. The van der Waals surface area contributed by atoms with Gasteiger partial charge in [-0.05, 0) is 176 Å². The summed E-state index contributed by atoms with van der Waals surface area (Å²) >= 11 is 5.61. The zero-order valence-corrected chi connectivity index (χ0v) is 70.0. The van der Waals surface area contributed by atoms with Crippen molar-refractivity contribution in [1.29, 1.82) is 0 Å². The van der Waals surface area contributed by atoms with E-state index < -0.39 is 0 Å². The first-order chi connectivity index (χ1) is 58.9. The van der Waals surface area contributed by atoms with Crippen LogP contribution in [0.1, 0.15) is 33.4 Å². The SMILES string of the molecule is Cc1ccc(-c2ccc3sc4ccccc4c3c2)cc1.Cc1ccc(-c2cccc3c2oc2ccccc23)cc1.Cc1cccc(-c2ccc3sc4ccccc4c3c2)c1.Cc1cccc(-c2cccc3c2oc2ccccc23)c1.Cc1ccccc1-c1ccc2sc3ccccc3c2c1.Cc1ccccc1-c1cccc2c1oc1ccccc12. The third-order valence-corrected chi connectivity index (χ3v) is 26.1. The third kappa shape index (κ3) is 15.5. The van der Waals surface area contributed by atoms with E-state index in [0.717, 1.165) is 50.2 Å². The minimum Gasteiger partial charge on any atom is -0.455 e. The van der Waals surface area contributed by atoms with E-state index in [1.807, 2.05) is 70.4 Å². The van der Waals surface area contributed by atoms with E-state index in [4.69, 9.17) is 13.3 Å². The van der Waals surface area contributed by atoms with Gasteiger partial charge in [0, 0.05) is 110 Å². The quantitative estimate of drug-likeness (QED) is 0.167. The first-order valence-electron chi connectivity index (χ1n) is 40.8. The highest BCUT2D eigenvalue weighted by Crippen LogP contribution is 2.43. The van der Waals surface area contributed by atoms with E-state index in [2.05, 4.69) is 406 Å². The summed E-state index contributed by atoms with van der Waals surface area (Å²) in [4.78, 5) is 0. The third-order valence-electron chi connectivity index (χ3n) is 22.7. The minimum atomic E-state index is 0.946. The molecule has 0 N–H and O–H groups in total. The normalized spacial score (nSPS) is 11.2. The zero-order chi connectivity index (χ0) is 81.2. The Morgan fingerprint density at radius 3 is 0.892 bits per heavy atom. The molecule has 24 rings (SSSR count). The first kappa shape index (κ1) is 76.0. The molecule has 0 aliphatic rings. The molecule has 0 saturated carbocycles. The molecule has 0 spiro atoms. The zero-order valence-electron chi connectivity index (χ0n) is 67.6. The molecule has 0 aliphatic carbocycles. The molecule has 24 aromatic rings. The lowest BCUT2D eigenvalue weighted by atomic mass is 9.98. The van der Waals surface area contributed by atoms with Gasteiger partial charge in [-0.25, -0.2) is 0 Å². The van der Waals surface area contributed by atoms with Crippen molar-refractivity contribution < 1.29 is 13.3 Å². The standard InChI is InChI=1S/3C19H14O.3C19H14S/c1-13-6-4-7-14(12-13)15-9-5-10-17-16-8-2-3-11-18(16)20-19(15)17;1-13-7-2-3-8-14(13)16-10-6-11-17-15-9-4-5-12-18(15)20-19(16)17;1-13-9-11-14(12-10-13)15-6-4-7-17-16-5-2-3-8-18(16)20-19(15)17;1-13-5-4-6-14(11-13)15-9-10-19-17(12-15)16-7-2-3-8-18(16)20-19;1-13-6-2-3-7-15(13)14-10-11-19-17(12-14)16-8-4-5-9-18(16)20-19;1-13-6-8-14(9-7-13)15-10-11-19-17(12-15)16-4-2-3-5-18(16)20-19/h6*2-12H,1H3. The number of para-hydroxylation sites is 6. The second-order valence-electron chi connectivity index (χ2n) is 30.9. The van der Waals surface area contributed by atoms with Gasteiger partial charge >= 0.3 is 0 Å². The van der Waals surface area contributed by atoms with E-state index in [1.165, 1.54) is 176 Å². The molecule has 0 radical (unpaired) electrons. The van der Waals surface area contributed by atoms with Crippen molar-refractivity contribution >= 4 is 160 Å². The molecule has 3 nitrogen and oxygen atoms in total. The molecule has 0 atom stereocenters. The molecule has 6 heteroatoms. The Bertz CT molecular complexity index is 7840. The highest BCUT2D eigenvalue weighted by molar-refractivity contribution is 7.26. The number of thiophene rings is 3. The minimum absolute atomic E-state index is 0.946. The molecule has 0 saturated heterocycles. The summed E-state index contributed by atoms with van der Waals surface area (Å²) in [5.74, 6) is 0. The van der Waals surface area contributed by atoms with Crippen molar-refractivity contribution in [3.63, 3.8) is 0 Å². The van der Waals surface area contributed by atoms with Crippen LogP contribution in [0.15, 0.2) is 414 Å². The van der Waals surface area contributed by atoms with Gasteiger partial charge in [-0.1, -0.05) is 350 Å². The topological polar surface area (TPSA) is 39.4 Å². The Labute approximate surface area is 710 Å². The Morgan fingerprint density at radius 1 is 0.158 bits per heavy atom. The number of hydrogen-bond donors (Lipinski definition) is 0. The van der Waals surface area contributed by atoms with E-state index in [0.29, 0.717) is 0 Å². The van der Waals surface area contributed by atoms with Crippen LogP contribution in [0.25, 0.3) is 193 Å². The van der Waals surface area contributed by atoms with Crippen LogP contribution < -0.4 is 0 Å². The van der Waals surface area contributed by atoms with Crippen LogP contribution in [0.3, 0.4) is 0 Å². The van der Waals surface area contributed by atoms with Gasteiger partial charge in [-0.2, -0.15) is 0 Å². The van der Waals surface area contributed by atoms with Crippen LogP contribution in [-0.2, 0) is 0 Å². The Hall–Kier alpha value is -14.0. The molecule has 6 aromatic heterocycles. The number of hydrogen-bond acceptors (Lipinski definition) is 6. The van der Waals surface area contributed by atoms with Crippen LogP contribution in [0.5, 0.6) is 0 Å². The molecule has 0 fully saturated rings. The maximum absolute atomic E-state index is 6.09. The highest BCUT2D eigenvalue weighted by atomic mass is 32.1. The second kappa shape index (κ2) is 33.6. The fourth-order valence-corrected chi connectivity index (χ4v) is 19.8. The van der Waals surface area contributed by atoms with Crippen molar-refractivity contribution in [3.8, 4) is 66.8 Å². The van der Waals surface area contributed by atoms with Crippen LogP contribution in [0.4, 0.5) is 0 Å². The first-order valence-corrected chi connectivity index (χ1v) is 43.2.